The molecule has 624 valence electrons. The van der Waals surface area contributed by atoms with Crippen LogP contribution in [0.5, 0.6) is 0 Å². The van der Waals surface area contributed by atoms with Crippen molar-refractivity contribution in [2.75, 3.05) is 25.7 Å². The van der Waals surface area contributed by atoms with E-state index in [9.17, 15) is 38.4 Å². The third-order valence-electron chi connectivity index (χ3n) is 20.1. The van der Waals surface area contributed by atoms with Crippen LogP contribution < -0.4 is 5.32 Å². The molecule has 0 bridgehead atoms. The van der Waals surface area contributed by atoms with Gasteiger partial charge >= 0.3 is 47.8 Å². The lowest BCUT2D eigenvalue weighted by molar-refractivity contribution is -0.394. The number of amides is 1. The van der Waals surface area contributed by atoms with Crippen LogP contribution in [-0.4, -0.2) is 210 Å². The number of carbonyl (C=O) groups excluding carboxylic acids is 9. The summed E-state index contributed by atoms with van der Waals surface area (Å²) in [5.74, 6) is -9.40. The summed E-state index contributed by atoms with van der Waals surface area (Å²) in [6.07, 6.45) is -34.2. The van der Waals surface area contributed by atoms with E-state index in [1.54, 1.807) is 165 Å². The van der Waals surface area contributed by atoms with E-state index in [4.69, 9.17) is 96.9 Å². The predicted octanol–water partition coefficient (Wildman–Crippen LogP) is 11.4. The number of rotatable bonds is 29. The van der Waals surface area contributed by atoms with Gasteiger partial charge in [0.1, 0.15) is 55.2 Å². The van der Waals surface area contributed by atoms with E-state index in [2.05, 4.69) is 25.0 Å². The molecule has 1 amide bonds. The van der Waals surface area contributed by atoms with Crippen LogP contribution in [0, 0.1) is 0 Å². The maximum absolute atomic E-state index is 15.4. The molecule has 5 aliphatic heterocycles. The molecule has 8 aromatic rings. The van der Waals surface area contributed by atoms with Crippen LogP contribution in [0.25, 0.3) is 0 Å². The van der Waals surface area contributed by atoms with Crippen molar-refractivity contribution < 1.29 is 128 Å². The molecule has 0 radical (unpaired) electrons. The van der Waals surface area contributed by atoms with Crippen molar-refractivity contribution in [1.82, 2.24) is 5.32 Å². The molecule has 119 heavy (non-hydrogen) atoms. The summed E-state index contributed by atoms with van der Waals surface area (Å²) in [7, 11) is -1.88. The standard InChI is InChI=1S/C89H90ClNO27Si/c1-52-67(109-79(95)56-33-17-8-18-34-56)72(75(87(104-52)101-47-48-119(4,5)6)113-83(99)60-41-25-12-26-42-60)118-88-77(114-84(100)61-43-27-13-28-44-61)73(68(53(2)105-88)110-80(96)57-35-19-9-20-36-57)117-86-66(91-54(3)92)71(69-64(106-86)51-103-85(115-69)62-45-29-14-30-46-62)116-89-76(108-65(93)49-90)74(112-82(98)59-39-23-11-24-40-59)70(111-81(97)58-37-21-10-22-38-58)63(107-89)50-102-78(94)55-31-15-7-16-32-55/h7-46,52-53,63-64,66-77,85-89H,47-51H2,1-6H3,(H,91,92)/t52-,53-,63+,64+,66+,67-,68-,69+,70-,71+,72+,73+,74-,75+,76+,77+,85+,86+,87+,88-,89+/m0/s1. The minimum atomic E-state index is -2.11. The van der Waals surface area contributed by atoms with E-state index in [-0.39, 0.29) is 52.2 Å². The van der Waals surface area contributed by atoms with Gasteiger partial charge < -0.3 is 90.6 Å². The van der Waals surface area contributed by atoms with E-state index in [1.165, 1.54) is 91.9 Å². The number of benzene rings is 8. The Morgan fingerprint density at radius 1 is 0.387 bits per heavy atom. The van der Waals surface area contributed by atoms with Crippen molar-refractivity contribution in [1.29, 1.82) is 0 Å². The Morgan fingerprint density at radius 2 is 0.739 bits per heavy atom. The summed E-state index contributed by atoms with van der Waals surface area (Å²) in [6, 6.07) is 62.4. The summed E-state index contributed by atoms with van der Waals surface area (Å²) in [4.78, 5) is 132. The van der Waals surface area contributed by atoms with Gasteiger partial charge in [-0.25, -0.2) is 33.6 Å². The fourth-order valence-corrected chi connectivity index (χ4v) is 14.9. The molecule has 0 spiro atoms. The summed E-state index contributed by atoms with van der Waals surface area (Å²) < 4.78 is 121. The van der Waals surface area contributed by atoms with Crippen LogP contribution in [0.15, 0.2) is 243 Å². The zero-order valence-corrected chi connectivity index (χ0v) is 67.4. The van der Waals surface area contributed by atoms with Crippen LogP contribution >= 0.6 is 11.6 Å². The lowest BCUT2D eigenvalue weighted by Gasteiger charge is -2.53. The monoisotopic (exact) mass is 1670 g/mol. The normalized spacial score (nSPS) is 27.9. The third kappa shape index (κ3) is 22.0. The fourth-order valence-electron chi connectivity index (χ4n) is 14.2. The highest BCUT2D eigenvalue weighted by Crippen LogP contribution is 2.43. The number of nitrogens with one attached hydrogen (secondary N) is 1. The predicted molar refractivity (Wildman–Crippen MR) is 424 cm³/mol. The van der Waals surface area contributed by atoms with Crippen LogP contribution in [-0.2, 0) is 94.9 Å². The van der Waals surface area contributed by atoms with Crippen molar-refractivity contribution in [2.24, 2.45) is 0 Å². The van der Waals surface area contributed by atoms with Gasteiger partial charge in [-0.05, 0) is 105 Å². The van der Waals surface area contributed by atoms with E-state index in [0.717, 1.165) is 6.92 Å². The number of ether oxygens (including phenoxy) is 18. The Morgan fingerprint density at radius 3 is 1.16 bits per heavy atom. The average Bonchev–Trinajstić information content (AvgIpc) is 0.748. The Bertz CT molecular complexity index is 4720. The maximum atomic E-state index is 15.4. The third-order valence-corrected chi connectivity index (χ3v) is 22.0. The van der Waals surface area contributed by atoms with E-state index in [0.29, 0.717) is 11.6 Å². The minimum Gasteiger partial charge on any atom is -0.459 e. The van der Waals surface area contributed by atoms with Gasteiger partial charge in [-0.15, -0.1) is 11.6 Å². The Kier molecular flexibility index (Phi) is 29.1. The van der Waals surface area contributed by atoms with Crippen LogP contribution in [0.1, 0.15) is 105 Å². The molecule has 5 fully saturated rings. The molecule has 28 nitrogen and oxygen atoms in total. The summed E-state index contributed by atoms with van der Waals surface area (Å²) in [5, 5.41) is 2.92. The van der Waals surface area contributed by atoms with E-state index >= 15 is 4.79 Å². The van der Waals surface area contributed by atoms with Gasteiger partial charge in [0.25, 0.3) is 0 Å². The van der Waals surface area contributed by atoms with E-state index < -0.39 is 203 Å². The first-order chi connectivity index (χ1) is 57.5. The summed E-state index contributed by atoms with van der Waals surface area (Å²) in [6.45, 7) is 9.62. The van der Waals surface area contributed by atoms with Gasteiger partial charge in [0, 0.05) is 27.2 Å². The van der Waals surface area contributed by atoms with Crippen molar-refractivity contribution >= 4 is 73.3 Å². The highest BCUT2D eigenvalue weighted by atomic mass is 35.5. The fraction of sp³-hybridized carbons (Fsp3) is 0.360. The van der Waals surface area contributed by atoms with E-state index in [1.807, 2.05) is 0 Å². The summed E-state index contributed by atoms with van der Waals surface area (Å²) >= 11 is 6.31. The number of esters is 8. The number of carbonyl (C=O) groups is 9. The van der Waals surface area contributed by atoms with Crippen molar-refractivity contribution in [3.63, 3.8) is 0 Å². The molecule has 5 heterocycles. The molecule has 5 aliphatic rings. The minimum absolute atomic E-state index is 0.00746. The molecule has 1 N–H and O–H groups in total. The number of alkyl halides is 1. The number of hydrogen-bond acceptors (Lipinski definition) is 27. The van der Waals surface area contributed by atoms with Crippen molar-refractivity contribution in [3.8, 4) is 0 Å². The van der Waals surface area contributed by atoms with Gasteiger partial charge in [-0.2, -0.15) is 0 Å². The summed E-state index contributed by atoms with van der Waals surface area (Å²) in [5.41, 5.74) is 0.783. The van der Waals surface area contributed by atoms with Crippen molar-refractivity contribution in [2.45, 2.75) is 176 Å². The first-order valence-electron chi connectivity index (χ1n) is 38.9. The zero-order valence-electron chi connectivity index (χ0n) is 65.7. The quantitative estimate of drug-likeness (QED) is 0.0197. The molecule has 8 aromatic carbocycles. The molecule has 0 saturated carbocycles. The van der Waals surface area contributed by atoms with Gasteiger partial charge in [0.15, 0.2) is 74.2 Å². The van der Waals surface area contributed by atoms with Crippen LogP contribution in [0.3, 0.4) is 0 Å². The maximum Gasteiger partial charge on any atom is 0.338 e. The lowest BCUT2D eigenvalue weighted by atomic mass is 9.93. The average molecular weight is 1670 g/mol. The zero-order chi connectivity index (χ0) is 83.7. The molecular weight excluding hydrogens is 1580 g/mol. The Labute approximate surface area is 691 Å². The molecule has 0 unspecified atom stereocenters. The molecular formula is C89H90ClNO27Si. The van der Waals surface area contributed by atoms with Crippen LogP contribution in [0.4, 0.5) is 0 Å². The highest BCUT2D eigenvalue weighted by Gasteiger charge is 2.62. The molecule has 0 aliphatic carbocycles. The van der Waals surface area contributed by atoms with Gasteiger partial charge in [0.2, 0.25) is 5.91 Å². The second-order valence-corrected chi connectivity index (χ2v) is 35.7. The first-order valence-corrected chi connectivity index (χ1v) is 43.1. The van der Waals surface area contributed by atoms with Gasteiger partial charge in [-0.3, -0.25) is 9.59 Å². The second kappa shape index (κ2) is 40.2. The largest absolute Gasteiger partial charge is 0.459 e. The molecule has 21 atom stereocenters. The van der Waals surface area contributed by atoms with Gasteiger partial charge in [-0.1, -0.05) is 177 Å². The number of halogens is 1. The van der Waals surface area contributed by atoms with Crippen LogP contribution in [0.2, 0.25) is 25.7 Å². The topological polar surface area (TPSA) is 332 Å². The van der Waals surface area contributed by atoms with Gasteiger partial charge in [0.05, 0.1) is 57.8 Å². The first kappa shape index (κ1) is 86.0. The smallest absolute Gasteiger partial charge is 0.338 e. The number of fused-ring (bicyclic) bond motifs is 1. The molecule has 5 saturated heterocycles. The highest BCUT2D eigenvalue weighted by molar-refractivity contribution is 6.76. The number of hydrogen-bond donors (Lipinski definition) is 1. The SMILES string of the molecule is CC(=O)N[C@H]1[C@@H](O[C@@H]2[C@@H](OC(=O)c3ccccc3)[C@H](C)O[C@@H](O[C@@H]3[C@@H](OC(=O)c4ccccc4)[C@H](C)O[C@@H](OCC[Si](C)(C)C)[C@@H]3OC(=O)c3ccccc3)[C@@H]2OC(=O)c2ccccc2)O[C@@H]2CO[C@@H](c3ccccc3)O[C@H]2[C@@H]1O[C@H]1O[C@H](COC(=O)c2ccccc2)[C@H](OC(=O)c2ccccc2)[C@H](OC(=O)c2ccccc2)[C@H]1OC(=O)CCl. The Balaban J connectivity index is 0.962. The lowest BCUT2D eigenvalue weighted by Crippen LogP contribution is -2.71. The Hall–Kier alpha value is -10.9. The van der Waals surface area contributed by atoms with Crippen molar-refractivity contribution in [3.05, 3.63) is 287 Å². The molecule has 30 heteroatoms. The second-order valence-electron chi connectivity index (χ2n) is 29.9. The molecule has 13 rings (SSSR count). The molecule has 0 aromatic heterocycles.